The number of fused-ring (bicyclic) bond motifs is 1. The smallest absolute Gasteiger partial charge is 0.272 e. The highest BCUT2D eigenvalue weighted by molar-refractivity contribution is 7.18. The molecule has 0 saturated carbocycles. The quantitative estimate of drug-likeness (QED) is 0.777. The van der Waals surface area contributed by atoms with Crippen LogP contribution in [-0.4, -0.2) is 21.4 Å². The van der Waals surface area contributed by atoms with Gasteiger partial charge in [-0.3, -0.25) is 9.59 Å². The molecule has 3 N–H and O–H groups in total. The number of hydrogen-bond donors (Lipinski definition) is 2. The van der Waals surface area contributed by atoms with Crippen LogP contribution >= 0.6 is 11.3 Å². The lowest BCUT2D eigenvalue weighted by molar-refractivity contribution is 0.0998. The van der Waals surface area contributed by atoms with Crippen molar-refractivity contribution in [2.24, 2.45) is 12.8 Å². The van der Waals surface area contributed by atoms with Crippen molar-refractivity contribution >= 4 is 39.1 Å². The number of benzene rings is 1. The maximum atomic E-state index is 12.3. The third-order valence-electron chi connectivity index (χ3n) is 3.28. The van der Waals surface area contributed by atoms with Gasteiger partial charge in [-0.1, -0.05) is 0 Å². The number of amides is 2. The fourth-order valence-electron chi connectivity index (χ4n) is 2.24. The van der Waals surface area contributed by atoms with Crippen molar-refractivity contribution < 1.29 is 9.59 Å². The maximum absolute atomic E-state index is 12.3. The SMILES string of the molecule is Cc1nc2ccc(NC(=O)c3cc(C(N)=O)cn3C)cc2s1. The predicted octanol–water partition coefficient (Wildman–Crippen LogP) is 2.29. The van der Waals surface area contributed by atoms with E-state index in [-0.39, 0.29) is 5.91 Å². The van der Waals surface area contributed by atoms with Crippen molar-refractivity contribution in [2.45, 2.75) is 6.92 Å². The molecule has 3 rings (SSSR count). The van der Waals surface area contributed by atoms with Crippen LogP contribution in [0.2, 0.25) is 0 Å². The average Bonchev–Trinajstić information content (AvgIpc) is 3.00. The molecule has 0 saturated heterocycles. The number of primary amides is 1. The number of aryl methyl sites for hydroxylation is 2. The van der Waals surface area contributed by atoms with Crippen LogP contribution in [-0.2, 0) is 7.05 Å². The number of carbonyl (C=O) groups excluding carboxylic acids is 2. The molecule has 0 radical (unpaired) electrons. The van der Waals surface area contributed by atoms with Crippen LogP contribution in [0, 0.1) is 6.92 Å². The van der Waals surface area contributed by atoms with E-state index in [2.05, 4.69) is 10.3 Å². The number of carbonyl (C=O) groups is 2. The number of anilines is 1. The highest BCUT2D eigenvalue weighted by Gasteiger charge is 2.14. The van der Waals surface area contributed by atoms with Crippen LogP contribution in [0.15, 0.2) is 30.5 Å². The minimum Gasteiger partial charge on any atom is -0.366 e. The van der Waals surface area contributed by atoms with Crippen molar-refractivity contribution in [1.29, 1.82) is 0 Å². The number of rotatable bonds is 3. The number of hydrogen-bond acceptors (Lipinski definition) is 4. The van der Waals surface area contributed by atoms with Crippen LogP contribution in [0.5, 0.6) is 0 Å². The molecule has 0 aliphatic carbocycles. The third-order valence-corrected chi connectivity index (χ3v) is 4.21. The summed E-state index contributed by atoms with van der Waals surface area (Å²) in [5.41, 5.74) is 7.50. The van der Waals surface area contributed by atoms with Gasteiger partial charge in [-0.25, -0.2) is 4.98 Å². The number of nitrogens with zero attached hydrogens (tertiary/aromatic N) is 2. The Balaban J connectivity index is 1.87. The van der Waals surface area contributed by atoms with Crippen LogP contribution in [0.3, 0.4) is 0 Å². The summed E-state index contributed by atoms with van der Waals surface area (Å²) in [5, 5.41) is 3.80. The zero-order valence-electron chi connectivity index (χ0n) is 12.1. The second kappa shape index (κ2) is 5.27. The van der Waals surface area contributed by atoms with Gasteiger partial charge < -0.3 is 15.6 Å². The lowest BCUT2D eigenvalue weighted by Gasteiger charge is -2.05. The molecule has 0 aliphatic rings. The molecule has 0 unspecified atom stereocenters. The summed E-state index contributed by atoms with van der Waals surface area (Å²) in [7, 11) is 1.69. The average molecular weight is 314 g/mol. The highest BCUT2D eigenvalue weighted by Crippen LogP contribution is 2.25. The standard InChI is InChI=1S/C15H14N4O2S/c1-8-17-11-4-3-10(6-13(11)22-8)18-15(21)12-5-9(14(16)20)7-19(12)2/h3-7H,1-2H3,(H2,16,20)(H,18,21). The molecule has 0 bridgehead atoms. The Hall–Kier alpha value is -2.67. The zero-order valence-corrected chi connectivity index (χ0v) is 12.9. The van der Waals surface area contributed by atoms with Crippen molar-refractivity contribution in [3.63, 3.8) is 0 Å². The molecule has 2 aromatic heterocycles. The molecule has 22 heavy (non-hydrogen) atoms. The van der Waals surface area contributed by atoms with E-state index in [1.54, 1.807) is 29.0 Å². The predicted molar refractivity (Wildman–Crippen MR) is 86.2 cm³/mol. The number of thiazole rings is 1. The van der Waals surface area contributed by atoms with E-state index >= 15 is 0 Å². The number of nitrogens with one attached hydrogen (secondary N) is 1. The first kappa shape index (κ1) is 14.3. The van der Waals surface area contributed by atoms with Gasteiger partial charge in [0.05, 0.1) is 20.8 Å². The first-order chi connectivity index (χ1) is 10.4. The molecule has 0 atom stereocenters. The summed E-state index contributed by atoms with van der Waals surface area (Å²) in [6, 6.07) is 7.04. The molecule has 2 heterocycles. The molecule has 0 fully saturated rings. The number of nitrogens with two attached hydrogens (primary N) is 1. The first-order valence-electron chi connectivity index (χ1n) is 6.59. The lowest BCUT2D eigenvalue weighted by Crippen LogP contribution is -2.15. The molecule has 1 aromatic carbocycles. The van der Waals surface area contributed by atoms with E-state index < -0.39 is 5.91 Å². The fraction of sp³-hybridized carbons (Fsp3) is 0.133. The van der Waals surface area contributed by atoms with Crippen molar-refractivity contribution in [3.8, 4) is 0 Å². The summed E-state index contributed by atoms with van der Waals surface area (Å²) in [5.74, 6) is -0.855. The van der Waals surface area contributed by atoms with Gasteiger partial charge in [0.1, 0.15) is 5.69 Å². The van der Waals surface area contributed by atoms with Gasteiger partial charge in [-0.2, -0.15) is 0 Å². The molecule has 7 heteroatoms. The van der Waals surface area contributed by atoms with Crippen LogP contribution in [0.4, 0.5) is 5.69 Å². The van der Waals surface area contributed by atoms with E-state index in [1.807, 2.05) is 19.1 Å². The molecule has 6 nitrogen and oxygen atoms in total. The van der Waals surface area contributed by atoms with Crippen molar-refractivity contribution in [2.75, 3.05) is 5.32 Å². The number of aromatic nitrogens is 2. The molecule has 0 spiro atoms. The van der Waals surface area contributed by atoms with E-state index in [1.165, 1.54) is 12.3 Å². The fourth-order valence-corrected chi connectivity index (χ4v) is 3.10. The van der Waals surface area contributed by atoms with Gasteiger partial charge in [0, 0.05) is 18.9 Å². The van der Waals surface area contributed by atoms with Crippen LogP contribution < -0.4 is 11.1 Å². The maximum Gasteiger partial charge on any atom is 0.272 e. The molecule has 0 aliphatic heterocycles. The van der Waals surface area contributed by atoms with E-state index in [4.69, 9.17) is 5.73 Å². The molecule has 3 aromatic rings. The van der Waals surface area contributed by atoms with Gasteiger partial charge in [0.15, 0.2) is 0 Å². The molecule has 2 amide bonds. The van der Waals surface area contributed by atoms with Gasteiger partial charge in [0.2, 0.25) is 5.91 Å². The highest BCUT2D eigenvalue weighted by atomic mass is 32.1. The molecular weight excluding hydrogens is 300 g/mol. The molecular formula is C15H14N4O2S. The largest absolute Gasteiger partial charge is 0.366 e. The monoisotopic (exact) mass is 314 g/mol. The summed E-state index contributed by atoms with van der Waals surface area (Å²) in [6.45, 7) is 1.94. The lowest BCUT2D eigenvalue weighted by atomic mass is 10.2. The van der Waals surface area contributed by atoms with E-state index in [0.29, 0.717) is 16.9 Å². The Morgan fingerprint density at radius 1 is 1.32 bits per heavy atom. The van der Waals surface area contributed by atoms with E-state index in [0.717, 1.165) is 15.2 Å². The van der Waals surface area contributed by atoms with E-state index in [9.17, 15) is 9.59 Å². The minimum atomic E-state index is -0.559. The Bertz CT molecular complexity index is 894. The Labute approximate surface area is 130 Å². The second-order valence-corrected chi connectivity index (χ2v) is 6.19. The topological polar surface area (TPSA) is 90.0 Å². The van der Waals surface area contributed by atoms with Gasteiger partial charge in [-0.15, -0.1) is 11.3 Å². The zero-order chi connectivity index (χ0) is 15.9. The summed E-state index contributed by atoms with van der Waals surface area (Å²) >= 11 is 1.57. The first-order valence-corrected chi connectivity index (χ1v) is 7.40. The summed E-state index contributed by atoms with van der Waals surface area (Å²) < 4.78 is 2.59. The Morgan fingerprint density at radius 3 is 2.77 bits per heavy atom. The summed E-state index contributed by atoms with van der Waals surface area (Å²) in [6.07, 6.45) is 1.53. The van der Waals surface area contributed by atoms with Crippen LogP contribution in [0.1, 0.15) is 25.9 Å². The second-order valence-electron chi connectivity index (χ2n) is 4.96. The van der Waals surface area contributed by atoms with Crippen LogP contribution in [0.25, 0.3) is 10.2 Å². The van der Waals surface area contributed by atoms with Crippen molar-refractivity contribution in [1.82, 2.24) is 9.55 Å². The Kier molecular flexibility index (Phi) is 3.42. The van der Waals surface area contributed by atoms with Gasteiger partial charge >= 0.3 is 0 Å². The Morgan fingerprint density at radius 2 is 2.09 bits per heavy atom. The normalized spacial score (nSPS) is 10.8. The van der Waals surface area contributed by atoms with Gasteiger partial charge in [0.25, 0.3) is 5.91 Å². The van der Waals surface area contributed by atoms with Crippen molar-refractivity contribution in [3.05, 3.63) is 46.7 Å². The third kappa shape index (κ3) is 2.58. The minimum absolute atomic E-state index is 0.296. The van der Waals surface area contributed by atoms with Gasteiger partial charge in [-0.05, 0) is 31.2 Å². The summed E-state index contributed by atoms with van der Waals surface area (Å²) in [4.78, 5) is 27.9. The molecule has 112 valence electrons.